The van der Waals surface area contributed by atoms with Gasteiger partial charge in [0.2, 0.25) is 15.9 Å². The van der Waals surface area contributed by atoms with Gasteiger partial charge in [0.15, 0.2) is 0 Å². The number of halogens is 2. The van der Waals surface area contributed by atoms with Gasteiger partial charge in [0.25, 0.3) is 5.91 Å². The van der Waals surface area contributed by atoms with E-state index in [4.69, 9.17) is 5.14 Å². The molecule has 2 amide bonds. The van der Waals surface area contributed by atoms with Gasteiger partial charge in [0, 0.05) is 25.6 Å². The van der Waals surface area contributed by atoms with Gasteiger partial charge in [-0.3, -0.25) is 9.59 Å². The Balaban J connectivity index is 1.74. The second kappa shape index (κ2) is 9.38. The largest absolute Gasteiger partial charge is 0.352 e. The van der Waals surface area contributed by atoms with Crippen molar-refractivity contribution in [1.29, 1.82) is 0 Å². The maximum Gasteiger partial charge on any atom is 0.254 e. The van der Waals surface area contributed by atoms with E-state index in [9.17, 15) is 26.8 Å². The summed E-state index contributed by atoms with van der Waals surface area (Å²) in [5.41, 5.74) is 0.292. The molecule has 2 aromatic carbocycles. The molecule has 0 saturated carbocycles. The van der Waals surface area contributed by atoms with E-state index in [0.29, 0.717) is 18.1 Å². The van der Waals surface area contributed by atoms with Gasteiger partial charge in [0.1, 0.15) is 11.6 Å². The molecule has 7 nitrogen and oxygen atoms in total. The minimum atomic E-state index is -3.82. The third kappa shape index (κ3) is 6.39. The number of rotatable bonds is 8. The number of hydrogen-bond donors (Lipinski definition) is 3. The summed E-state index contributed by atoms with van der Waals surface area (Å²) >= 11 is 0. The van der Waals surface area contributed by atoms with E-state index in [1.807, 2.05) is 0 Å². The SMILES string of the molecule is NS(=O)(=O)c1cccc(CNC(=O)CCCNC(=O)c2ccc(F)cc2F)c1. The first-order valence-electron chi connectivity index (χ1n) is 8.28. The Kier molecular flexibility index (Phi) is 7.18. The van der Waals surface area contributed by atoms with Gasteiger partial charge in [0.05, 0.1) is 10.5 Å². The molecule has 0 unspecified atom stereocenters. The average molecular weight is 411 g/mol. The second-order valence-corrected chi connectivity index (χ2v) is 7.51. The van der Waals surface area contributed by atoms with E-state index in [0.717, 1.165) is 12.1 Å². The zero-order valence-electron chi connectivity index (χ0n) is 14.7. The molecule has 0 fully saturated rings. The molecule has 0 heterocycles. The van der Waals surface area contributed by atoms with Crippen LogP contribution in [0.5, 0.6) is 0 Å². The summed E-state index contributed by atoms with van der Waals surface area (Å²) in [6, 6.07) is 8.53. The highest BCUT2D eigenvalue weighted by Crippen LogP contribution is 2.10. The molecular formula is C18H19F2N3O4S. The van der Waals surface area contributed by atoms with Crippen molar-refractivity contribution in [3.63, 3.8) is 0 Å². The summed E-state index contributed by atoms with van der Waals surface area (Å²) in [4.78, 5) is 23.6. The number of benzene rings is 2. The van der Waals surface area contributed by atoms with Crippen LogP contribution in [-0.4, -0.2) is 26.8 Å². The van der Waals surface area contributed by atoms with Gasteiger partial charge in [-0.2, -0.15) is 0 Å². The fourth-order valence-corrected chi connectivity index (χ4v) is 2.93. The average Bonchev–Trinajstić information content (AvgIpc) is 2.63. The van der Waals surface area contributed by atoms with E-state index in [1.54, 1.807) is 6.07 Å². The summed E-state index contributed by atoms with van der Waals surface area (Å²) in [5, 5.41) is 10.1. The molecule has 0 saturated heterocycles. The molecule has 2 rings (SSSR count). The summed E-state index contributed by atoms with van der Waals surface area (Å²) < 4.78 is 48.9. The Morgan fingerprint density at radius 1 is 1.04 bits per heavy atom. The van der Waals surface area contributed by atoms with Crippen molar-refractivity contribution >= 4 is 21.8 Å². The van der Waals surface area contributed by atoms with Gasteiger partial charge in [-0.25, -0.2) is 22.3 Å². The number of carbonyl (C=O) groups is 2. The van der Waals surface area contributed by atoms with Crippen LogP contribution in [-0.2, 0) is 21.4 Å². The van der Waals surface area contributed by atoms with Crippen LogP contribution in [0, 0.1) is 11.6 Å². The summed E-state index contributed by atoms with van der Waals surface area (Å²) in [6.07, 6.45) is 0.401. The molecule has 28 heavy (non-hydrogen) atoms. The normalized spacial score (nSPS) is 11.1. The van der Waals surface area contributed by atoms with Crippen LogP contribution in [0.3, 0.4) is 0 Å². The van der Waals surface area contributed by atoms with E-state index >= 15 is 0 Å². The van der Waals surface area contributed by atoms with E-state index < -0.39 is 27.6 Å². The molecule has 0 radical (unpaired) electrons. The predicted molar refractivity (Wildman–Crippen MR) is 97.6 cm³/mol. The Labute approximate surface area is 161 Å². The fraction of sp³-hybridized carbons (Fsp3) is 0.222. The smallest absolute Gasteiger partial charge is 0.254 e. The minimum absolute atomic E-state index is 0.0463. The number of nitrogens with one attached hydrogen (secondary N) is 2. The van der Waals surface area contributed by atoms with Gasteiger partial charge in [-0.15, -0.1) is 0 Å². The van der Waals surface area contributed by atoms with Crippen LogP contribution in [0.2, 0.25) is 0 Å². The molecular weight excluding hydrogens is 392 g/mol. The molecule has 10 heteroatoms. The molecule has 0 atom stereocenters. The lowest BCUT2D eigenvalue weighted by molar-refractivity contribution is -0.121. The molecule has 150 valence electrons. The number of hydrogen-bond acceptors (Lipinski definition) is 4. The highest BCUT2D eigenvalue weighted by atomic mass is 32.2. The summed E-state index contributed by atoms with van der Waals surface area (Å²) in [5.74, 6) is -2.74. The quantitative estimate of drug-likeness (QED) is 0.570. The van der Waals surface area contributed by atoms with Crippen LogP contribution >= 0.6 is 0 Å². The van der Waals surface area contributed by atoms with E-state index in [-0.39, 0.29) is 35.9 Å². The first-order valence-corrected chi connectivity index (χ1v) is 9.83. The van der Waals surface area contributed by atoms with Crippen molar-refractivity contribution in [3.05, 3.63) is 65.2 Å². The lowest BCUT2D eigenvalue weighted by atomic mass is 10.2. The highest BCUT2D eigenvalue weighted by Gasteiger charge is 2.12. The van der Waals surface area contributed by atoms with Crippen molar-refractivity contribution in [2.24, 2.45) is 5.14 Å². The Bertz CT molecular complexity index is 981. The lowest BCUT2D eigenvalue weighted by Crippen LogP contribution is -2.28. The van der Waals surface area contributed by atoms with Gasteiger partial charge in [-0.05, 0) is 36.2 Å². The Hall–Kier alpha value is -2.85. The van der Waals surface area contributed by atoms with Crippen molar-refractivity contribution < 1.29 is 26.8 Å². The zero-order chi connectivity index (χ0) is 20.7. The molecule has 0 spiro atoms. The van der Waals surface area contributed by atoms with Crippen LogP contribution < -0.4 is 15.8 Å². The predicted octanol–water partition coefficient (Wildman–Crippen LogP) is 1.44. The number of sulfonamides is 1. The highest BCUT2D eigenvalue weighted by molar-refractivity contribution is 7.89. The first-order chi connectivity index (χ1) is 13.2. The fourth-order valence-electron chi connectivity index (χ4n) is 2.34. The van der Waals surface area contributed by atoms with Gasteiger partial charge >= 0.3 is 0 Å². The maximum atomic E-state index is 13.5. The number of nitrogens with two attached hydrogens (primary N) is 1. The van der Waals surface area contributed by atoms with Crippen molar-refractivity contribution in [2.75, 3.05) is 6.54 Å². The Morgan fingerprint density at radius 3 is 2.46 bits per heavy atom. The van der Waals surface area contributed by atoms with Gasteiger partial charge in [-0.1, -0.05) is 12.1 Å². The molecule has 0 aliphatic carbocycles. The second-order valence-electron chi connectivity index (χ2n) is 5.95. The summed E-state index contributed by atoms with van der Waals surface area (Å²) in [6.45, 7) is 0.249. The molecule has 2 aromatic rings. The monoisotopic (exact) mass is 411 g/mol. The molecule has 4 N–H and O–H groups in total. The maximum absolute atomic E-state index is 13.5. The van der Waals surface area contributed by atoms with E-state index in [1.165, 1.54) is 18.2 Å². The first kappa shape index (κ1) is 21.5. The number of carbonyl (C=O) groups excluding carboxylic acids is 2. The third-order valence-electron chi connectivity index (χ3n) is 3.76. The number of primary sulfonamides is 1. The minimum Gasteiger partial charge on any atom is -0.352 e. The molecule has 0 aliphatic heterocycles. The number of amides is 2. The molecule has 0 aliphatic rings. The van der Waals surface area contributed by atoms with Crippen LogP contribution in [0.1, 0.15) is 28.8 Å². The molecule has 0 bridgehead atoms. The van der Waals surface area contributed by atoms with Gasteiger partial charge < -0.3 is 10.6 Å². The Morgan fingerprint density at radius 2 is 1.79 bits per heavy atom. The molecule has 0 aromatic heterocycles. The standard InChI is InChI=1S/C18H19F2N3O4S/c19-13-6-7-15(16(20)10-13)18(25)22-8-2-5-17(24)23-11-12-3-1-4-14(9-12)28(21,26)27/h1,3-4,6-7,9-10H,2,5,8,11H2,(H,22,25)(H,23,24)(H2,21,26,27). The van der Waals surface area contributed by atoms with Crippen molar-refractivity contribution in [3.8, 4) is 0 Å². The topological polar surface area (TPSA) is 118 Å². The third-order valence-corrected chi connectivity index (χ3v) is 4.67. The summed E-state index contributed by atoms with van der Waals surface area (Å²) in [7, 11) is -3.82. The van der Waals surface area contributed by atoms with Crippen molar-refractivity contribution in [1.82, 2.24) is 10.6 Å². The van der Waals surface area contributed by atoms with Crippen LogP contribution in [0.4, 0.5) is 8.78 Å². The van der Waals surface area contributed by atoms with E-state index in [2.05, 4.69) is 10.6 Å². The zero-order valence-corrected chi connectivity index (χ0v) is 15.6. The van der Waals surface area contributed by atoms with Crippen molar-refractivity contribution in [2.45, 2.75) is 24.3 Å². The van der Waals surface area contributed by atoms with Crippen LogP contribution in [0.15, 0.2) is 47.4 Å². The van der Waals surface area contributed by atoms with Crippen LogP contribution in [0.25, 0.3) is 0 Å². The lowest BCUT2D eigenvalue weighted by Gasteiger charge is -2.08.